The number of alkyl halides is 1. The van der Waals surface area contributed by atoms with Gasteiger partial charge in [0.25, 0.3) is 11.6 Å². The number of rotatable bonds is 6. The maximum Gasteiger partial charge on any atom is 0.408 e. The number of anilines is 1. The van der Waals surface area contributed by atoms with Gasteiger partial charge in [0.2, 0.25) is 0 Å². The molecule has 1 aliphatic rings. The Morgan fingerprint density at radius 1 is 1.43 bits per heavy atom. The first kappa shape index (κ1) is 21.4. The van der Waals surface area contributed by atoms with Crippen molar-refractivity contribution in [1.82, 2.24) is 10.2 Å². The third-order valence-electron chi connectivity index (χ3n) is 4.20. The van der Waals surface area contributed by atoms with Crippen molar-refractivity contribution in [2.24, 2.45) is 0 Å². The topological polar surface area (TPSA) is 114 Å². The number of fused-ring (bicyclic) bond motifs is 1. The van der Waals surface area contributed by atoms with E-state index in [0.717, 1.165) is 0 Å². The lowest BCUT2D eigenvalue weighted by atomic mass is 9.97. The molecule has 1 heterocycles. The van der Waals surface area contributed by atoms with Crippen molar-refractivity contribution < 1.29 is 23.6 Å². The number of ether oxygens (including phenoxy) is 1. The van der Waals surface area contributed by atoms with Crippen LogP contribution >= 0.6 is 0 Å². The lowest BCUT2D eigenvalue weighted by Gasteiger charge is -2.31. The molecule has 1 aliphatic heterocycles. The molecule has 154 valence electrons. The molecule has 2 amide bonds. The van der Waals surface area contributed by atoms with Crippen molar-refractivity contribution in [2.45, 2.75) is 38.8 Å². The fourth-order valence-electron chi connectivity index (χ4n) is 2.97. The Labute approximate surface area is 162 Å². The predicted octanol–water partition coefficient (Wildman–Crippen LogP) is 2.50. The van der Waals surface area contributed by atoms with E-state index in [2.05, 4.69) is 10.6 Å². The molecule has 10 heteroatoms. The van der Waals surface area contributed by atoms with Gasteiger partial charge in [-0.05, 0) is 38.8 Å². The molecular formula is C18H25FN4O5. The van der Waals surface area contributed by atoms with E-state index in [9.17, 15) is 24.1 Å². The molecule has 0 spiro atoms. The van der Waals surface area contributed by atoms with Gasteiger partial charge in [0.05, 0.1) is 11.0 Å². The summed E-state index contributed by atoms with van der Waals surface area (Å²) < 4.78 is 18.5. The van der Waals surface area contributed by atoms with Gasteiger partial charge in [0.1, 0.15) is 18.0 Å². The maximum atomic E-state index is 13.4. The van der Waals surface area contributed by atoms with Gasteiger partial charge in [-0.1, -0.05) is 0 Å². The molecule has 0 aromatic heterocycles. The first-order valence-electron chi connectivity index (χ1n) is 8.89. The molecule has 2 N–H and O–H groups in total. The van der Waals surface area contributed by atoms with Gasteiger partial charge in [-0.15, -0.1) is 0 Å². The number of halogens is 1. The number of nitrogens with zero attached hydrogens (tertiary/aromatic N) is 2. The lowest BCUT2D eigenvalue weighted by molar-refractivity contribution is -0.384. The molecule has 0 radical (unpaired) electrons. The summed E-state index contributed by atoms with van der Waals surface area (Å²) in [5.74, 6) is -0.434. The minimum atomic E-state index is -0.938. The zero-order chi connectivity index (χ0) is 21.1. The minimum absolute atomic E-state index is 0.0599. The van der Waals surface area contributed by atoms with Crippen molar-refractivity contribution in [2.75, 3.05) is 32.1 Å². The van der Waals surface area contributed by atoms with Crippen molar-refractivity contribution >= 4 is 23.4 Å². The van der Waals surface area contributed by atoms with E-state index in [1.165, 1.54) is 11.0 Å². The van der Waals surface area contributed by atoms with Crippen LogP contribution in [0.5, 0.6) is 0 Å². The number of nitrogens with one attached hydrogen (secondary N) is 2. The molecule has 1 atom stereocenters. The zero-order valence-corrected chi connectivity index (χ0v) is 16.4. The van der Waals surface area contributed by atoms with Gasteiger partial charge < -0.3 is 20.3 Å². The van der Waals surface area contributed by atoms with Gasteiger partial charge in [-0.3, -0.25) is 14.9 Å². The standard InChI is InChI=1S/C18H25FN4O5/c1-18(2,3)28-17(25)21-12(9-19)10-22-6-5-11-7-14(20-4)15(23(26)27)8-13(11)16(22)24/h7-8,12,20H,5-6,9-10H2,1-4H3,(H,21,25)/t12-/m1/s1. The van der Waals surface area contributed by atoms with E-state index < -0.39 is 35.2 Å². The van der Waals surface area contributed by atoms with Crippen LogP contribution < -0.4 is 10.6 Å². The third kappa shape index (κ3) is 5.08. The van der Waals surface area contributed by atoms with Crippen molar-refractivity contribution in [3.63, 3.8) is 0 Å². The number of nitro benzene ring substituents is 1. The summed E-state index contributed by atoms with van der Waals surface area (Å²) in [6.45, 7) is 4.45. The van der Waals surface area contributed by atoms with E-state index in [4.69, 9.17) is 4.74 Å². The molecule has 0 aliphatic carbocycles. The number of nitro groups is 1. The molecule has 9 nitrogen and oxygen atoms in total. The minimum Gasteiger partial charge on any atom is -0.444 e. The molecule has 0 saturated carbocycles. The Hall–Kier alpha value is -2.91. The molecule has 1 aromatic rings. The highest BCUT2D eigenvalue weighted by atomic mass is 19.1. The second-order valence-electron chi connectivity index (χ2n) is 7.53. The number of amides is 2. The average Bonchev–Trinajstić information content (AvgIpc) is 2.60. The molecule has 0 fully saturated rings. The van der Waals surface area contributed by atoms with Crippen LogP contribution in [-0.2, 0) is 11.2 Å². The molecule has 0 bridgehead atoms. The summed E-state index contributed by atoms with van der Waals surface area (Å²) in [6.07, 6.45) is -0.298. The molecule has 28 heavy (non-hydrogen) atoms. The predicted molar refractivity (Wildman–Crippen MR) is 101 cm³/mol. The highest BCUT2D eigenvalue weighted by molar-refractivity contribution is 5.98. The van der Waals surface area contributed by atoms with Crippen LogP contribution in [0.25, 0.3) is 0 Å². The molecule has 0 unspecified atom stereocenters. The third-order valence-corrected chi connectivity index (χ3v) is 4.20. The number of hydrogen-bond donors (Lipinski definition) is 2. The van der Waals surface area contributed by atoms with Crippen LogP contribution in [0.3, 0.4) is 0 Å². The number of carbonyl (C=O) groups is 2. The summed E-state index contributed by atoms with van der Waals surface area (Å²) >= 11 is 0. The number of hydrogen-bond acceptors (Lipinski definition) is 6. The maximum absolute atomic E-state index is 13.4. The van der Waals surface area contributed by atoms with E-state index in [1.807, 2.05) is 0 Å². The van der Waals surface area contributed by atoms with E-state index in [0.29, 0.717) is 24.2 Å². The monoisotopic (exact) mass is 396 g/mol. The van der Waals surface area contributed by atoms with Gasteiger partial charge in [0.15, 0.2) is 0 Å². The molecule has 1 aromatic carbocycles. The Balaban J connectivity index is 2.15. The number of alkyl carbamates (subject to hydrolysis) is 1. The van der Waals surface area contributed by atoms with Crippen LogP contribution in [0.2, 0.25) is 0 Å². The summed E-state index contributed by atoms with van der Waals surface area (Å²) in [5.41, 5.74) is 0.304. The second-order valence-corrected chi connectivity index (χ2v) is 7.53. The van der Waals surface area contributed by atoms with Crippen LogP contribution in [0.15, 0.2) is 12.1 Å². The van der Waals surface area contributed by atoms with Crippen molar-refractivity contribution in [3.05, 3.63) is 33.4 Å². The average molecular weight is 396 g/mol. The first-order chi connectivity index (χ1) is 13.1. The largest absolute Gasteiger partial charge is 0.444 e. The number of carbonyl (C=O) groups excluding carboxylic acids is 2. The van der Waals surface area contributed by atoms with Crippen LogP contribution in [0.4, 0.5) is 20.6 Å². The second kappa shape index (κ2) is 8.41. The highest BCUT2D eigenvalue weighted by Crippen LogP contribution is 2.31. The van der Waals surface area contributed by atoms with Crippen molar-refractivity contribution in [3.8, 4) is 0 Å². The molecule has 2 rings (SSSR count). The Morgan fingerprint density at radius 3 is 2.64 bits per heavy atom. The van der Waals surface area contributed by atoms with E-state index in [1.54, 1.807) is 33.9 Å². The summed E-state index contributed by atoms with van der Waals surface area (Å²) in [4.78, 5) is 36.7. The molecule has 0 saturated heterocycles. The van der Waals surface area contributed by atoms with Gasteiger partial charge in [-0.25, -0.2) is 9.18 Å². The Bertz CT molecular complexity index is 778. The fourth-order valence-corrected chi connectivity index (χ4v) is 2.97. The van der Waals surface area contributed by atoms with Crippen LogP contribution in [0.1, 0.15) is 36.7 Å². The number of benzene rings is 1. The van der Waals surface area contributed by atoms with Crippen LogP contribution in [0, 0.1) is 10.1 Å². The summed E-state index contributed by atoms with van der Waals surface area (Å²) in [5, 5.41) is 16.4. The van der Waals surface area contributed by atoms with Crippen LogP contribution in [-0.4, -0.2) is 60.3 Å². The van der Waals surface area contributed by atoms with Gasteiger partial charge in [-0.2, -0.15) is 0 Å². The van der Waals surface area contributed by atoms with Gasteiger partial charge >= 0.3 is 6.09 Å². The Morgan fingerprint density at radius 2 is 2.11 bits per heavy atom. The quantitative estimate of drug-likeness (QED) is 0.564. The lowest BCUT2D eigenvalue weighted by Crippen LogP contribution is -2.50. The smallest absolute Gasteiger partial charge is 0.408 e. The Kier molecular flexibility index (Phi) is 6.42. The van der Waals surface area contributed by atoms with Gasteiger partial charge in [0, 0.05) is 31.8 Å². The molecular weight excluding hydrogens is 371 g/mol. The van der Waals surface area contributed by atoms with E-state index in [-0.39, 0.29) is 17.8 Å². The zero-order valence-electron chi connectivity index (χ0n) is 16.4. The fraction of sp³-hybridized carbons (Fsp3) is 0.556. The highest BCUT2D eigenvalue weighted by Gasteiger charge is 2.30. The SMILES string of the molecule is CNc1cc2c(cc1[N+](=O)[O-])C(=O)N(C[C@@H](CF)NC(=O)OC(C)(C)C)CC2. The summed E-state index contributed by atoms with van der Waals surface area (Å²) in [7, 11) is 1.57. The first-order valence-corrected chi connectivity index (χ1v) is 8.89. The van der Waals surface area contributed by atoms with E-state index >= 15 is 0 Å². The van der Waals surface area contributed by atoms with Crippen molar-refractivity contribution in [1.29, 1.82) is 0 Å². The normalized spacial score (nSPS) is 14.9. The summed E-state index contributed by atoms with van der Waals surface area (Å²) in [6, 6.07) is 1.89.